The molecule has 1 aromatic carbocycles. The molecule has 0 bridgehead atoms. The fourth-order valence-corrected chi connectivity index (χ4v) is 3.70. The van der Waals surface area contributed by atoms with Crippen LogP contribution in [0.15, 0.2) is 47.6 Å². The van der Waals surface area contributed by atoms with Crippen molar-refractivity contribution >= 4 is 11.8 Å². The highest BCUT2D eigenvalue weighted by Crippen LogP contribution is 2.36. The molecule has 0 heterocycles. The number of primary amides is 2. The van der Waals surface area contributed by atoms with Gasteiger partial charge < -0.3 is 16.6 Å². The number of hydrogen-bond donors (Lipinski definition) is 4. The molecular formula is C21H29N3O3. The number of aryl methyl sites for hydroxylation is 1. The Morgan fingerprint density at radius 2 is 1.96 bits per heavy atom. The molecule has 2 rings (SSSR count). The van der Waals surface area contributed by atoms with Crippen LogP contribution in [-0.2, 0) is 22.6 Å². The van der Waals surface area contributed by atoms with E-state index in [9.17, 15) is 14.7 Å². The van der Waals surface area contributed by atoms with Crippen molar-refractivity contribution < 1.29 is 14.7 Å². The van der Waals surface area contributed by atoms with E-state index in [4.69, 9.17) is 11.5 Å². The van der Waals surface area contributed by atoms with Crippen molar-refractivity contribution in [3.8, 4) is 0 Å². The highest BCUT2D eigenvalue weighted by atomic mass is 16.3. The van der Waals surface area contributed by atoms with Gasteiger partial charge in [-0.2, -0.15) is 0 Å². The highest BCUT2D eigenvalue weighted by molar-refractivity contribution is 5.98. The quantitative estimate of drug-likeness (QED) is 0.551. The SMILES string of the molecule is CCc1cccc(CNC2(C(N)=O)C=C(C)C=C(C(N)=O)C2CC(C)O)c1. The maximum absolute atomic E-state index is 12.6. The van der Waals surface area contributed by atoms with E-state index in [1.807, 2.05) is 18.2 Å². The predicted octanol–water partition coefficient (Wildman–Crippen LogP) is 1.32. The Morgan fingerprint density at radius 1 is 1.30 bits per heavy atom. The molecule has 27 heavy (non-hydrogen) atoms. The third kappa shape index (κ3) is 4.64. The lowest BCUT2D eigenvalue weighted by atomic mass is 9.70. The summed E-state index contributed by atoms with van der Waals surface area (Å²) in [6.07, 6.45) is 3.76. The molecule has 0 radical (unpaired) electrons. The molecule has 0 saturated carbocycles. The summed E-state index contributed by atoms with van der Waals surface area (Å²) in [6.45, 7) is 5.87. The van der Waals surface area contributed by atoms with Gasteiger partial charge in [0, 0.05) is 18.0 Å². The smallest absolute Gasteiger partial charge is 0.245 e. The van der Waals surface area contributed by atoms with Crippen molar-refractivity contribution in [3.05, 3.63) is 58.7 Å². The number of hydrogen-bond acceptors (Lipinski definition) is 4. The Morgan fingerprint density at radius 3 is 2.52 bits per heavy atom. The second kappa shape index (κ2) is 8.50. The van der Waals surface area contributed by atoms with Gasteiger partial charge in [0.25, 0.3) is 0 Å². The van der Waals surface area contributed by atoms with Crippen molar-refractivity contribution in [1.82, 2.24) is 5.32 Å². The first-order valence-corrected chi connectivity index (χ1v) is 9.21. The molecule has 1 aliphatic rings. The first-order valence-electron chi connectivity index (χ1n) is 9.21. The van der Waals surface area contributed by atoms with Crippen LogP contribution in [0.1, 0.15) is 38.3 Å². The van der Waals surface area contributed by atoms with Gasteiger partial charge in [-0.3, -0.25) is 14.9 Å². The summed E-state index contributed by atoms with van der Waals surface area (Å²) in [5, 5.41) is 13.2. The van der Waals surface area contributed by atoms with E-state index < -0.39 is 29.4 Å². The van der Waals surface area contributed by atoms with E-state index in [1.54, 1.807) is 26.0 Å². The summed E-state index contributed by atoms with van der Waals surface area (Å²) in [5.41, 5.74) is 13.3. The molecule has 146 valence electrons. The average molecular weight is 371 g/mol. The minimum atomic E-state index is -1.30. The maximum Gasteiger partial charge on any atom is 0.245 e. The lowest BCUT2D eigenvalue weighted by molar-refractivity contribution is -0.125. The van der Waals surface area contributed by atoms with E-state index in [1.165, 1.54) is 5.56 Å². The van der Waals surface area contributed by atoms with Crippen molar-refractivity contribution in [2.75, 3.05) is 0 Å². The molecule has 1 aromatic rings. The number of amides is 2. The Balaban J connectivity index is 2.44. The molecular weight excluding hydrogens is 342 g/mol. The van der Waals surface area contributed by atoms with Crippen LogP contribution >= 0.6 is 0 Å². The lowest BCUT2D eigenvalue weighted by Crippen LogP contribution is -2.61. The molecule has 6 heteroatoms. The largest absolute Gasteiger partial charge is 0.393 e. The van der Waals surface area contributed by atoms with Crippen LogP contribution < -0.4 is 16.8 Å². The Kier molecular flexibility index (Phi) is 6.57. The molecule has 3 atom stereocenters. The lowest BCUT2D eigenvalue weighted by Gasteiger charge is -2.41. The molecule has 1 aliphatic carbocycles. The van der Waals surface area contributed by atoms with Gasteiger partial charge in [-0.15, -0.1) is 0 Å². The summed E-state index contributed by atoms with van der Waals surface area (Å²) >= 11 is 0. The highest BCUT2D eigenvalue weighted by Gasteiger charge is 2.47. The Bertz CT molecular complexity index is 783. The second-order valence-corrected chi connectivity index (χ2v) is 7.25. The van der Waals surface area contributed by atoms with E-state index in [2.05, 4.69) is 18.3 Å². The summed E-state index contributed by atoms with van der Waals surface area (Å²) in [4.78, 5) is 24.6. The van der Waals surface area contributed by atoms with Gasteiger partial charge in [0.2, 0.25) is 11.8 Å². The van der Waals surface area contributed by atoms with Crippen LogP contribution in [0.5, 0.6) is 0 Å². The number of carbonyl (C=O) groups excluding carboxylic acids is 2. The average Bonchev–Trinajstić information content (AvgIpc) is 2.61. The van der Waals surface area contributed by atoms with Gasteiger partial charge in [0.1, 0.15) is 5.54 Å². The van der Waals surface area contributed by atoms with Crippen LogP contribution in [-0.4, -0.2) is 28.6 Å². The summed E-state index contributed by atoms with van der Waals surface area (Å²) in [6, 6.07) is 8.04. The maximum atomic E-state index is 12.6. The summed E-state index contributed by atoms with van der Waals surface area (Å²) in [5.74, 6) is -1.87. The number of aliphatic hydroxyl groups is 1. The van der Waals surface area contributed by atoms with Crippen LogP contribution in [0.4, 0.5) is 0 Å². The van der Waals surface area contributed by atoms with Crippen LogP contribution in [0, 0.1) is 5.92 Å². The third-order valence-electron chi connectivity index (χ3n) is 5.02. The Hall–Kier alpha value is -2.44. The third-order valence-corrected chi connectivity index (χ3v) is 5.02. The fraction of sp³-hybridized carbons (Fsp3) is 0.429. The zero-order valence-corrected chi connectivity index (χ0v) is 16.2. The number of nitrogens with one attached hydrogen (secondary N) is 1. The van der Waals surface area contributed by atoms with Gasteiger partial charge in [0.05, 0.1) is 6.10 Å². The van der Waals surface area contributed by atoms with Crippen molar-refractivity contribution in [3.63, 3.8) is 0 Å². The number of nitrogens with two attached hydrogens (primary N) is 2. The standard InChI is InChI=1S/C21H29N3O3/c1-4-15-6-5-7-16(10-15)12-24-21(20(23)27)11-13(2)8-17(19(22)26)18(21)9-14(3)25/h5-8,10-11,14,18,24-25H,4,9,12H2,1-3H3,(H2,22,26)(H2,23,27). The zero-order valence-electron chi connectivity index (χ0n) is 16.2. The molecule has 0 aliphatic heterocycles. The van der Waals surface area contributed by atoms with E-state index in [0.29, 0.717) is 12.1 Å². The molecule has 0 spiro atoms. The first-order chi connectivity index (χ1) is 12.7. The molecule has 6 N–H and O–H groups in total. The van der Waals surface area contributed by atoms with Crippen molar-refractivity contribution in [2.24, 2.45) is 17.4 Å². The first kappa shape index (κ1) is 20.9. The van der Waals surface area contributed by atoms with Gasteiger partial charge in [-0.05, 0) is 37.8 Å². The molecule has 0 fully saturated rings. The summed E-state index contributed by atoms with van der Waals surface area (Å²) in [7, 11) is 0. The molecule has 6 nitrogen and oxygen atoms in total. The fourth-order valence-electron chi connectivity index (χ4n) is 3.70. The number of rotatable bonds is 8. The van der Waals surface area contributed by atoms with Crippen LogP contribution in [0.2, 0.25) is 0 Å². The topological polar surface area (TPSA) is 118 Å². The van der Waals surface area contributed by atoms with E-state index >= 15 is 0 Å². The molecule has 3 unspecified atom stereocenters. The molecule has 2 amide bonds. The second-order valence-electron chi connectivity index (χ2n) is 7.25. The van der Waals surface area contributed by atoms with Gasteiger partial charge in [-0.25, -0.2) is 0 Å². The van der Waals surface area contributed by atoms with Crippen LogP contribution in [0.25, 0.3) is 0 Å². The number of carbonyl (C=O) groups is 2. The number of aliphatic hydroxyl groups excluding tert-OH is 1. The number of allylic oxidation sites excluding steroid dienone is 2. The predicted molar refractivity (Wildman–Crippen MR) is 105 cm³/mol. The Labute approximate surface area is 160 Å². The van der Waals surface area contributed by atoms with E-state index in [0.717, 1.165) is 17.6 Å². The summed E-state index contributed by atoms with van der Waals surface area (Å²) < 4.78 is 0. The number of benzene rings is 1. The zero-order chi connectivity index (χ0) is 20.2. The monoisotopic (exact) mass is 371 g/mol. The normalized spacial score (nSPS) is 23.3. The van der Waals surface area contributed by atoms with Gasteiger partial charge in [0.15, 0.2) is 0 Å². The minimum absolute atomic E-state index is 0.184. The van der Waals surface area contributed by atoms with E-state index in [-0.39, 0.29) is 6.42 Å². The minimum Gasteiger partial charge on any atom is -0.393 e. The van der Waals surface area contributed by atoms with Crippen LogP contribution in [0.3, 0.4) is 0 Å². The molecule has 0 saturated heterocycles. The van der Waals surface area contributed by atoms with Crippen molar-refractivity contribution in [1.29, 1.82) is 0 Å². The molecule has 0 aromatic heterocycles. The van der Waals surface area contributed by atoms with Crippen molar-refractivity contribution in [2.45, 2.75) is 51.8 Å². The van der Waals surface area contributed by atoms with Gasteiger partial charge >= 0.3 is 0 Å². The van der Waals surface area contributed by atoms with Gasteiger partial charge in [-0.1, -0.05) is 48.9 Å².